The van der Waals surface area contributed by atoms with E-state index in [1.807, 2.05) is 0 Å². The van der Waals surface area contributed by atoms with E-state index in [0.29, 0.717) is 25.2 Å². The summed E-state index contributed by atoms with van der Waals surface area (Å²) in [5.41, 5.74) is 0.593. The van der Waals surface area contributed by atoms with Crippen LogP contribution in [0.1, 0.15) is 10.4 Å². The van der Waals surface area contributed by atoms with Gasteiger partial charge < -0.3 is 14.7 Å². The summed E-state index contributed by atoms with van der Waals surface area (Å²) in [5.74, 6) is -0.789. The van der Waals surface area contributed by atoms with E-state index in [1.165, 1.54) is 11.0 Å². The van der Waals surface area contributed by atoms with Gasteiger partial charge in [-0.1, -0.05) is 6.07 Å². The van der Waals surface area contributed by atoms with E-state index in [-0.39, 0.29) is 11.3 Å². The van der Waals surface area contributed by atoms with Crippen molar-refractivity contribution in [1.29, 1.82) is 0 Å². The molecular weight excluding hydrogens is 198 g/mol. The molecule has 0 spiro atoms. The van der Waals surface area contributed by atoms with Crippen molar-refractivity contribution in [1.82, 2.24) is 0 Å². The Hall–Kier alpha value is -2.04. The average molecular weight is 207 g/mol. The molecule has 1 aromatic rings. The van der Waals surface area contributed by atoms with Gasteiger partial charge in [0.05, 0.1) is 12.2 Å². The number of para-hydroxylation sites is 1. The summed E-state index contributed by atoms with van der Waals surface area (Å²) in [6, 6.07) is 4.71. The maximum absolute atomic E-state index is 10.9. The van der Waals surface area contributed by atoms with Gasteiger partial charge in [-0.25, -0.2) is 4.79 Å². The number of benzene rings is 1. The largest absolute Gasteiger partial charge is 0.489 e. The highest BCUT2D eigenvalue weighted by Gasteiger charge is 2.22. The molecule has 0 radical (unpaired) electrons. The number of amides is 1. The normalized spacial score (nSPS) is 14.0. The quantitative estimate of drug-likeness (QED) is 0.726. The smallest absolute Gasteiger partial charge is 0.339 e. The van der Waals surface area contributed by atoms with Crippen molar-refractivity contribution in [3.8, 4) is 5.75 Å². The van der Waals surface area contributed by atoms with Crippen molar-refractivity contribution in [3.63, 3.8) is 0 Å². The molecule has 5 heteroatoms. The number of hydrogen-bond acceptors (Lipinski definition) is 3. The Morgan fingerprint density at radius 3 is 3.00 bits per heavy atom. The highest BCUT2D eigenvalue weighted by atomic mass is 16.5. The van der Waals surface area contributed by atoms with Gasteiger partial charge in [0.25, 0.3) is 0 Å². The van der Waals surface area contributed by atoms with Crippen molar-refractivity contribution in [2.45, 2.75) is 0 Å². The van der Waals surface area contributed by atoms with E-state index < -0.39 is 5.97 Å². The fraction of sp³-hybridized carbons (Fsp3) is 0.200. The summed E-state index contributed by atoms with van der Waals surface area (Å²) >= 11 is 0. The molecule has 0 saturated heterocycles. The van der Waals surface area contributed by atoms with E-state index in [4.69, 9.17) is 9.84 Å². The first kappa shape index (κ1) is 9.51. The van der Waals surface area contributed by atoms with Gasteiger partial charge in [0, 0.05) is 0 Å². The van der Waals surface area contributed by atoms with Crippen LogP contribution in [0, 0.1) is 0 Å². The number of carboxylic acids is 1. The average Bonchev–Trinajstić information content (AvgIpc) is 2.27. The molecule has 1 aromatic carbocycles. The SMILES string of the molecule is O=CN1CCOc2c(C(=O)O)cccc21. The number of hydrogen-bond donors (Lipinski definition) is 1. The number of fused-ring (bicyclic) bond motifs is 1. The number of carbonyl (C=O) groups excluding carboxylic acids is 1. The van der Waals surface area contributed by atoms with Gasteiger partial charge in [-0.15, -0.1) is 0 Å². The molecule has 1 amide bonds. The Balaban J connectivity index is 2.55. The summed E-state index contributed by atoms with van der Waals surface area (Å²) in [5, 5.41) is 8.91. The van der Waals surface area contributed by atoms with E-state index >= 15 is 0 Å². The van der Waals surface area contributed by atoms with Crippen molar-refractivity contribution in [2.75, 3.05) is 18.1 Å². The summed E-state index contributed by atoms with van der Waals surface area (Å²) in [6.07, 6.45) is 0.674. The van der Waals surface area contributed by atoms with E-state index in [0.717, 1.165) is 0 Å². The molecule has 0 aromatic heterocycles. The second kappa shape index (κ2) is 3.61. The molecule has 1 aliphatic heterocycles. The molecule has 0 fully saturated rings. The Bertz CT molecular complexity index is 416. The number of carbonyl (C=O) groups is 2. The lowest BCUT2D eigenvalue weighted by Gasteiger charge is -2.26. The Morgan fingerprint density at radius 2 is 2.33 bits per heavy atom. The Morgan fingerprint density at radius 1 is 1.53 bits per heavy atom. The van der Waals surface area contributed by atoms with Gasteiger partial charge >= 0.3 is 5.97 Å². The van der Waals surface area contributed by atoms with Gasteiger partial charge in [0.15, 0.2) is 5.75 Å². The van der Waals surface area contributed by atoms with Crippen LogP contribution in [0.15, 0.2) is 18.2 Å². The number of ether oxygens (including phenoxy) is 1. The third-order valence-electron chi connectivity index (χ3n) is 2.24. The van der Waals surface area contributed by atoms with Crippen LogP contribution < -0.4 is 9.64 Å². The standard InChI is InChI=1S/C10H9NO4/c12-6-11-4-5-15-9-7(10(13)14)2-1-3-8(9)11/h1-3,6H,4-5H2,(H,13,14). The third-order valence-corrected chi connectivity index (χ3v) is 2.24. The van der Waals surface area contributed by atoms with Crippen LogP contribution in [-0.4, -0.2) is 30.6 Å². The zero-order valence-corrected chi connectivity index (χ0v) is 7.84. The van der Waals surface area contributed by atoms with E-state index in [2.05, 4.69) is 0 Å². The lowest BCUT2D eigenvalue weighted by atomic mass is 10.1. The topological polar surface area (TPSA) is 66.8 Å². The van der Waals surface area contributed by atoms with Gasteiger partial charge in [0.2, 0.25) is 6.41 Å². The van der Waals surface area contributed by atoms with Crippen molar-refractivity contribution in [2.24, 2.45) is 0 Å². The highest BCUT2D eigenvalue weighted by Crippen LogP contribution is 2.33. The number of anilines is 1. The van der Waals surface area contributed by atoms with E-state index in [9.17, 15) is 9.59 Å². The number of aromatic carboxylic acids is 1. The Labute approximate surface area is 85.9 Å². The van der Waals surface area contributed by atoms with Crippen LogP contribution >= 0.6 is 0 Å². The number of nitrogens with zero attached hydrogens (tertiary/aromatic N) is 1. The van der Waals surface area contributed by atoms with Gasteiger partial charge in [0.1, 0.15) is 12.2 Å². The summed E-state index contributed by atoms with van der Waals surface area (Å²) in [7, 11) is 0. The van der Waals surface area contributed by atoms with Crippen molar-refractivity contribution < 1.29 is 19.4 Å². The van der Waals surface area contributed by atoms with Crippen LogP contribution in [0.2, 0.25) is 0 Å². The fourth-order valence-corrected chi connectivity index (χ4v) is 1.55. The molecule has 1 heterocycles. The summed E-state index contributed by atoms with van der Waals surface area (Å²) in [6.45, 7) is 0.760. The van der Waals surface area contributed by atoms with Gasteiger partial charge in [-0.2, -0.15) is 0 Å². The lowest BCUT2D eigenvalue weighted by molar-refractivity contribution is -0.107. The third kappa shape index (κ3) is 1.52. The molecule has 15 heavy (non-hydrogen) atoms. The fourth-order valence-electron chi connectivity index (χ4n) is 1.55. The second-order valence-electron chi connectivity index (χ2n) is 3.11. The molecule has 2 rings (SSSR count). The monoisotopic (exact) mass is 207 g/mol. The first-order valence-corrected chi connectivity index (χ1v) is 4.45. The minimum atomic E-state index is -1.06. The number of rotatable bonds is 2. The molecule has 0 aliphatic carbocycles. The zero-order chi connectivity index (χ0) is 10.8. The van der Waals surface area contributed by atoms with Crippen LogP contribution in [0.25, 0.3) is 0 Å². The molecule has 1 aliphatic rings. The number of carboxylic acid groups (broad SMARTS) is 1. The van der Waals surface area contributed by atoms with Crippen LogP contribution in [0.5, 0.6) is 5.75 Å². The molecular formula is C10H9NO4. The molecule has 0 atom stereocenters. The maximum Gasteiger partial charge on any atom is 0.339 e. The molecule has 1 N–H and O–H groups in total. The van der Waals surface area contributed by atoms with Crippen LogP contribution in [0.4, 0.5) is 5.69 Å². The first-order valence-electron chi connectivity index (χ1n) is 4.45. The molecule has 0 unspecified atom stereocenters. The predicted molar refractivity (Wildman–Crippen MR) is 52.3 cm³/mol. The minimum Gasteiger partial charge on any atom is -0.489 e. The zero-order valence-electron chi connectivity index (χ0n) is 7.84. The molecule has 0 bridgehead atoms. The summed E-state index contributed by atoms with van der Waals surface area (Å²) in [4.78, 5) is 23.0. The van der Waals surface area contributed by atoms with Crippen molar-refractivity contribution >= 4 is 18.1 Å². The highest BCUT2D eigenvalue weighted by molar-refractivity contribution is 5.95. The van der Waals surface area contributed by atoms with Gasteiger partial charge in [-0.3, -0.25) is 4.79 Å². The predicted octanol–water partition coefficient (Wildman–Crippen LogP) is 0.740. The molecule has 5 nitrogen and oxygen atoms in total. The lowest BCUT2D eigenvalue weighted by Crippen LogP contribution is -2.32. The maximum atomic E-state index is 10.9. The van der Waals surface area contributed by atoms with Gasteiger partial charge in [-0.05, 0) is 12.1 Å². The molecule has 78 valence electrons. The van der Waals surface area contributed by atoms with Crippen LogP contribution in [0.3, 0.4) is 0 Å². The first-order chi connectivity index (χ1) is 7.24. The minimum absolute atomic E-state index is 0.0825. The Kier molecular flexibility index (Phi) is 2.29. The van der Waals surface area contributed by atoms with E-state index in [1.54, 1.807) is 12.1 Å². The second-order valence-corrected chi connectivity index (χ2v) is 3.11. The summed E-state index contributed by atoms with van der Waals surface area (Å²) < 4.78 is 5.27. The molecule has 0 saturated carbocycles. The van der Waals surface area contributed by atoms with Crippen LogP contribution in [-0.2, 0) is 4.79 Å². The van der Waals surface area contributed by atoms with Crippen molar-refractivity contribution in [3.05, 3.63) is 23.8 Å².